The molecule has 0 atom stereocenters. The van der Waals surface area contributed by atoms with E-state index in [1.165, 1.54) is 36.4 Å². The van der Waals surface area contributed by atoms with Crippen LogP contribution in [0.5, 0.6) is 23.0 Å². The van der Waals surface area contributed by atoms with Crippen molar-refractivity contribution in [2.75, 3.05) is 6.61 Å². The minimum Gasteiger partial charge on any atom is -0.508 e. The molecule has 0 aliphatic heterocycles. The number of ether oxygens (including phenoxy) is 1. The van der Waals surface area contributed by atoms with Crippen LogP contribution in [0.1, 0.15) is 5.56 Å². The summed E-state index contributed by atoms with van der Waals surface area (Å²) in [6, 6.07) is 14.8. The van der Waals surface area contributed by atoms with E-state index in [0.717, 1.165) is 11.6 Å². The summed E-state index contributed by atoms with van der Waals surface area (Å²) in [4.78, 5) is 25.5. The van der Waals surface area contributed by atoms with Crippen LogP contribution in [0.25, 0.3) is 28.4 Å². The van der Waals surface area contributed by atoms with E-state index in [2.05, 4.69) is 0 Å². The van der Waals surface area contributed by atoms with Crippen LogP contribution in [0, 0.1) is 0 Å². The number of aromatic hydroxyl groups is 3. The lowest BCUT2D eigenvalue weighted by atomic mass is 10.1. The molecule has 7 nitrogen and oxygen atoms in total. The maximum Gasteiger partial charge on any atom is 0.239 e. The van der Waals surface area contributed by atoms with Crippen molar-refractivity contribution in [3.05, 3.63) is 87.5 Å². The Labute approximate surface area is 192 Å². The van der Waals surface area contributed by atoms with E-state index < -0.39 is 23.6 Å². The van der Waals surface area contributed by atoms with Crippen LogP contribution in [-0.2, 0) is 4.79 Å². The SMILES string of the molecule is O=C(/C=C/c1ccc(Cl)cc1)COc1c(-c2ccc(O)cc2)oc2cc(O)cc(O)c2c1=O. The Balaban J connectivity index is 1.70. The van der Waals surface area contributed by atoms with Gasteiger partial charge in [0.05, 0.1) is 0 Å². The van der Waals surface area contributed by atoms with Gasteiger partial charge in [-0.15, -0.1) is 0 Å². The molecule has 0 spiro atoms. The molecule has 0 aliphatic carbocycles. The minimum atomic E-state index is -0.716. The van der Waals surface area contributed by atoms with Gasteiger partial charge in [0.25, 0.3) is 0 Å². The van der Waals surface area contributed by atoms with E-state index in [1.54, 1.807) is 30.3 Å². The molecule has 8 heteroatoms. The summed E-state index contributed by atoms with van der Waals surface area (Å²) in [6.45, 7) is -0.468. The maximum absolute atomic E-state index is 13.1. The van der Waals surface area contributed by atoms with Gasteiger partial charge in [-0.3, -0.25) is 9.59 Å². The number of hydrogen-bond donors (Lipinski definition) is 3. The summed E-state index contributed by atoms with van der Waals surface area (Å²) in [5.74, 6) is -1.52. The van der Waals surface area contributed by atoms with Gasteiger partial charge < -0.3 is 24.5 Å². The normalized spacial score (nSPS) is 11.2. The molecule has 1 aromatic heterocycles. The Morgan fingerprint density at radius 3 is 2.36 bits per heavy atom. The molecule has 0 radical (unpaired) electrons. The lowest BCUT2D eigenvalue weighted by molar-refractivity contribution is -0.116. The highest BCUT2D eigenvalue weighted by Crippen LogP contribution is 2.36. The largest absolute Gasteiger partial charge is 0.508 e. The summed E-state index contributed by atoms with van der Waals surface area (Å²) >= 11 is 5.85. The fourth-order valence-electron chi connectivity index (χ4n) is 3.16. The Kier molecular flexibility index (Phi) is 6.06. The third-order valence-electron chi connectivity index (χ3n) is 4.74. The molecular weight excluding hydrogens is 448 g/mol. The summed E-state index contributed by atoms with van der Waals surface area (Å²) in [6.07, 6.45) is 2.89. The quantitative estimate of drug-likeness (QED) is 0.348. The van der Waals surface area contributed by atoms with Crippen molar-refractivity contribution in [1.29, 1.82) is 0 Å². The van der Waals surface area contributed by atoms with Gasteiger partial charge >= 0.3 is 0 Å². The highest BCUT2D eigenvalue weighted by atomic mass is 35.5. The predicted molar refractivity (Wildman–Crippen MR) is 124 cm³/mol. The van der Waals surface area contributed by atoms with Gasteiger partial charge in [0.1, 0.15) is 28.2 Å². The Hall–Kier alpha value is -4.23. The molecule has 3 N–H and O–H groups in total. The van der Waals surface area contributed by atoms with Crippen molar-refractivity contribution in [1.82, 2.24) is 0 Å². The fourth-order valence-corrected chi connectivity index (χ4v) is 3.28. The number of carbonyl (C=O) groups is 1. The predicted octanol–water partition coefficient (Wildman–Crippen LogP) is 4.89. The number of rotatable bonds is 6. The number of fused-ring (bicyclic) bond motifs is 1. The number of benzene rings is 3. The van der Waals surface area contributed by atoms with Gasteiger partial charge in [-0.05, 0) is 48.0 Å². The molecule has 0 bridgehead atoms. The smallest absolute Gasteiger partial charge is 0.239 e. The second-order valence-corrected chi connectivity index (χ2v) is 7.55. The number of hydrogen-bond acceptors (Lipinski definition) is 7. The average Bonchev–Trinajstić information content (AvgIpc) is 2.78. The first kappa shape index (κ1) is 22.0. The number of halogens is 1. The molecular formula is C25H17ClO7. The van der Waals surface area contributed by atoms with Gasteiger partial charge in [-0.1, -0.05) is 29.8 Å². The van der Waals surface area contributed by atoms with Crippen molar-refractivity contribution in [2.24, 2.45) is 0 Å². The molecule has 1 heterocycles. The van der Waals surface area contributed by atoms with Gasteiger partial charge in [0.2, 0.25) is 11.2 Å². The standard InChI is InChI=1S/C25H17ClO7/c26-16-6-1-14(2-7-16)3-8-18(28)13-32-25-23(31)22-20(30)11-19(29)12-21(22)33-24(25)15-4-9-17(27)10-5-15/h1-12,27,29-30H,13H2/b8-3+. The second-order valence-electron chi connectivity index (χ2n) is 7.11. The highest BCUT2D eigenvalue weighted by molar-refractivity contribution is 6.30. The fraction of sp³-hybridized carbons (Fsp3) is 0.0400. The first-order valence-electron chi connectivity index (χ1n) is 9.73. The molecule has 4 rings (SSSR count). The van der Waals surface area contributed by atoms with Gasteiger partial charge in [-0.2, -0.15) is 0 Å². The van der Waals surface area contributed by atoms with E-state index in [-0.39, 0.29) is 34.0 Å². The van der Waals surface area contributed by atoms with Crippen LogP contribution in [0.15, 0.2) is 76.0 Å². The summed E-state index contributed by atoms with van der Waals surface area (Å²) in [7, 11) is 0. The zero-order valence-corrected chi connectivity index (χ0v) is 17.7. The van der Waals surface area contributed by atoms with Crippen LogP contribution < -0.4 is 10.2 Å². The zero-order chi connectivity index (χ0) is 23.5. The van der Waals surface area contributed by atoms with Crippen molar-refractivity contribution in [2.45, 2.75) is 0 Å². The topological polar surface area (TPSA) is 117 Å². The van der Waals surface area contributed by atoms with Crippen LogP contribution in [0.3, 0.4) is 0 Å². The molecule has 33 heavy (non-hydrogen) atoms. The molecule has 0 amide bonds. The Morgan fingerprint density at radius 2 is 1.67 bits per heavy atom. The Morgan fingerprint density at radius 1 is 0.970 bits per heavy atom. The Bertz CT molecular complexity index is 1420. The molecule has 0 unspecified atom stereocenters. The van der Waals surface area contributed by atoms with E-state index in [1.807, 2.05) is 0 Å². The van der Waals surface area contributed by atoms with Crippen LogP contribution in [0.2, 0.25) is 5.02 Å². The molecule has 0 fully saturated rings. The first-order chi connectivity index (χ1) is 15.8. The monoisotopic (exact) mass is 464 g/mol. The highest BCUT2D eigenvalue weighted by Gasteiger charge is 2.21. The van der Waals surface area contributed by atoms with Crippen molar-refractivity contribution in [3.63, 3.8) is 0 Å². The molecule has 0 aliphatic rings. The van der Waals surface area contributed by atoms with Crippen LogP contribution in [0.4, 0.5) is 0 Å². The lowest BCUT2D eigenvalue weighted by Gasteiger charge is -2.12. The molecule has 166 valence electrons. The van der Waals surface area contributed by atoms with E-state index in [9.17, 15) is 24.9 Å². The third-order valence-corrected chi connectivity index (χ3v) is 4.99. The number of phenols is 3. The first-order valence-corrected chi connectivity index (χ1v) is 10.1. The molecule has 0 saturated carbocycles. The van der Waals surface area contributed by atoms with Crippen molar-refractivity contribution in [3.8, 4) is 34.3 Å². The summed E-state index contributed by atoms with van der Waals surface area (Å²) in [5, 5.41) is 29.9. The number of phenolic OH excluding ortho intramolecular Hbond substituents is 3. The van der Waals surface area contributed by atoms with E-state index in [0.29, 0.717) is 10.6 Å². The molecule has 3 aromatic carbocycles. The summed E-state index contributed by atoms with van der Waals surface area (Å²) in [5.41, 5.74) is 0.356. The zero-order valence-electron chi connectivity index (χ0n) is 17.0. The van der Waals surface area contributed by atoms with Crippen LogP contribution >= 0.6 is 11.6 Å². The van der Waals surface area contributed by atoms with Gasteiger partial charge in [0.15, 0.2) is 18.2 Å². The van der Waals surface area contributed by atoms with Gasteiger partial charge in [0, 0.05) is 22.7 Å². The second kappa shape index (κ2) is 9.10. The molecule has 0 saturated heterocycles. The molecule has 4 aromatic rings. The minimum absolute atomic E-state index is 0.00200. The summed E-state index contributed by atoms with van der Waals surface area (Å²) < 4.78 is 11.3. The van der Waals surface area contributed by atoms with Crippen molar-refractivity contribution >= 4 is 34.4 Å². The van der Waals surface area contributed by atoms with E-state index in [4.69, 9.17) is 20.8 Å². The average molecular weight is 465 g/mol. The van der Waals surface area contributed by atoms with Crippen LogP contribution in [-0.4, -0.2) is 27.7 Å². The van der Waals surface area contributed by atoms with Crippen molar-refractivity contribution < 1.29 is 29.3 Å². The maximum atomic E-state index is 13.1. The number of carbonyl (C=O) groups excluding carboxylic acids is 1. The number of ketones is 1. The van der Waals surface area contributed by atoms with Gasteiger partial charge in [-0.25, -0.2) is 0 Å². The lowest BCUT2D eigenvalue weighted by Crippen LogP contribution is -2.15. The van der Waals surface area contributed by atoms with E-state index >= 15 is 0 Å². The third kappa shape index (κ3) is 4.83.